The first-order valence-corrected chi connectivity index (χ1v) is 12.7. The second-order valence-corrected chi connectivity index (χ2v) is 9.97. The summed E-state index contributed by atoms with van der Waals surface area (Å²) in [5, 5.41) is 6.56. The van der Waals surface area contributed by atoms with Crippen molar-refractivity contribution in [3.05, 3.63) is 64.2 Å². The van der Waals surface area contributed by atoms with E-state index in [1.165, 1.54) is 17.1 Å². The number of halogens is 1. The van der Waals surface area contributed by atoms with Crippen molar-refractivity contribution in [2.24, 2.45) is 5.92 Å². The fourth-order valence-electron chi connectivity index (χ4n) is 3.73. The molecule has 3 rings (SSSR count). The summed E-state index contributed by atoms with van der Waals surface area (Å²) < 4.78 is 0. The molecule has 2 aromatic rings. The molecular weight excluding hydrogens is 442 g/mol. The fourth-order valence-corrected chi connectivity index (χ4v) is 4.83. The van der Waals surface area contributed by atoms with Gasteiger partial charge in [0, 0.05) is 47.4 Å². The van der Waals surface area contributed by atoms with Gasteiger partial charge in [-0.15, -0.1) is 0 Å². The largest absolute Gasteiger partial charge is 0.340 e. The zero-order chi connectivity index (χ0) is 23.1. The van der Waals surface area contributed by atoms with Crippen LogP contribution in [0.4, 0.5) is 5.69 Å². The number of benzene rings is 2. The topological polar surface area (TPSA) is 61.4 Å². The van der Waals surface area contributed by atoms with Gasteiger partial charge in [0.25, 0.3) is 5.91 Å². The quantitative estimate of drug-likeness (QED) is 0.567. The first-order chi connectivity index (χ1) is 15.4. The van der Waals surface area contributed by atoms with E-state index in [0.29, 0.717) is 10.6 Å². The Bertz CT molecular complexity index is 929. The van der Waals surface area contributed by atoms with E-state index in [1.807, 2.05) is 44.7 Å². The van der Waals surface area contributed by atoms with Crippen molar-refractivity contribution in [1.82, 2.24) is 10.2 Å². The molecule has 2 unspecified atom stereocenters. The van der Waals surface area contributed by atoms with E-state index in [1.54, 1.807) is 24.3 Å². The van der Waals surface area contributed by atoms with Crippen molar-refractivity contribution in [1.29, 1.82) is 0 Å². The summed E-state index contributed by atoms with van der Waals surface area (Å²) in [6.07, 6.45) is 0.769. The van der Waals surface area contributed by atoms with Gasteiger partial charge in [-0.1, -0.05) is 44.0 Å². The van der Waals surface area contributed by atoms with Crippen LogP contribution in [0.2, 0.25) is 5.02 Å². The Labute approximate surface area is 200 Å². The number of carbonyl (C=O) groups is 2. The Balaban J connectivity index is 1.72. The lowest BCUT2D eigenvalue weighted by Gasteiger charge is -2.27. The predicted octanol–water partition coefficient (Wildman–Crippen LogP) is 4.98. The molecular formula is C25H32ClN3O2S. The minimum Gasteiger partial charge on any atom is -0.340 e. The highest BCUT2D eigenvalue weighted by atomic mass is 35.5. The molecule has 0 bridgehead atoms. The Morgan fingerprint density at radius 2 is 1.81 bits per heavy atom. The fraction of sp³-hybridized carbons (Fsp3) is 0.440. The molecule has 0 spiro atoms. The van der Waals surface area contributed by atoms with Gasteiger partial charge in [0.2, 0.25) is 5.91 Å². The van der Waals surface area contributed by atoms with Gasteiger partial charge in [-0.3, -0.25) is 14.5 Å². The van der Waals surface area contributed by atoms with Crippen LogP contribution in [0.25, 0.3) is 0 Å². The highest BCUT2D eigenvalue weighted by Crippen LogP contribution is 2.23. The van der Waals surface area contributed by atoms with Crippen LogP contribution < -0.4 is 10.6 Å². The molecule has 7 heteroatoms. The zero-order valence-electron chi connectivity index (χ0n) is 19.0. The molecule has 2 atom stereocenters. The zero-order valence-corrected chi connectivity index (χ0v) is 20.6. The van der Waals surface area contributed by atoms with Gasteiger partial charge in [-0.25, -0.2) is 0 Å². The SMILES string of the molecule is CCC(C)C(NC(=O)c1ccc(Cl)cc1)C(=O)Nc1cccc(CN2CCSCC2)c1C. The number of hydrogen-bond acceptors (Lipinski definition) is 4. The molecule has 0 aromatic heterocycles. The maximum absolute atomic E-state index is 13.2. The maximum atomic E-state index is 13.2. The summed E-state index contributed by atoms with van der Waals surface area (Å²) in [6, 6.07) is 12.1. The number of nitrogens with one attached hydrogen (secondary N) is 2. The van der Waals surface area contributed by atoms with E-state index < -0.39 is 6.04 Å². The third kappa shape index (κ3) is 6.50. The summed E-state index contributed by atoms with van der Waals surface area (Å²) in [6.45, 7) is 9.11. The highest BCUT2D eigenvalue weighted by Gasteiger charge is 2.27. The molecule has 2 N–H and O–H groups in total. The van der Waals surface area contributed by atoms with Crippen molar-refractivity contribution in [3.63, 3.8) is 0 Å². The standard InChI is InChI=1S/C25H32ClN3O2S/c1-4-17(2)23(28-24(30)19-8-10-21(26)11-9-19)25(31)27-22-7-5-6-20(18(22)3)16-29-12-14-32-15-13-29/h5-11,17,23H,4,12-16H2,1-3H3,(H,27,31)(H,28,30). The van der Waals surface area contributed by atoms with Crippen molar-refractivity contribution in [2.75, 3.05) is 29.9 Å². The predicted molar refractivity (Wildman–Crippen MR) is 135 cm³/mol. The van der Waals surface area contributed by atoms with Crippen LogP contribution in [0.15, 0.2) is 42.5 Å². The van der Waals surface area contributed by atoms with Crippen LogP contribution in [0.3, 0.4) is 0 Å². The van der Waals surface area contributed by atoms with Gasteiger partial charge in [0.05, 0.1) is 0 Å². The van der Waals surface area contributed by atoms with E-state index in [0.717, 1.165) is 37.3 Å². The first-order valence-electron chi connectivity index (χ1n) is 11.1. The second-order valence-electron chi connectivity index (χ2n) is 8.31. The Morgan fingerprint density at radius 3 is 2.47 bits per heavy atom. The molecule has 2 aromatic carbocycles. The summed E-state index contributed by atoms with van der Waals surface area (Å²) in [4.78, 5) is 28.4. The average molecular weight is 474 g/mol. The Kier molecular flexibility index (Phi) is 9.02. The highest BCUT2D eigenvalue weighted by molar-refractivity contribution is 7.99. The van der Waals surface area contributed by atoms with Crippen LogP contribution in [0, 0.1) is 12.8 Å². The number of nitrogens with zero attached hydrogens (tertiary/aromatic N) is 1. The van der Waals surface area contributed by atoms with Crippen LogP contribution >= 0.6 is 23.4 Å². The normalized spacial score (nSPS) is 16.2. The summed E-state index contributed by atoms with van der Waals surface area (Å²) in [7, 11) is 0. The molecule has 0 radical (unpaired) electrons. The van der Waals surface area contributed by atoms with Gasteiger partial charge >= 0.3 is 0 Å². The summed E-state index contributed by atoms with van der Waals surface area (Å²) in [5.74, 6) is 1.84. The molecule has 1 aliphatic heterocycles. The van der Waals surface area contributed by atoms with Gasteiger partial charge in [0.15, 0.2) is 0 Å². The second kappa shape index (κ2) is 11.7. The number of rotatable bonds is 8. The number of amides is 2. The molecule has 5 nitrogen and oxygen atoms in total. The van der Waals surface area contributed by atoms with Crippen LogP contribution in [-0.2, 0) is 11.3 Å². The minimum absolute atomic E-state index is 0.0133. The third-order valence-electron chi connectivity index (χ3n) is 6.09. The lowest BCUT2D eigenvalue weighted by atomic mass is 9.97. The maximum Gasteiger partial charge on any atom is 0.251 e. The van der Waals surface area contributed by atoms with E-state index in [-0.39, 0.29) is 17.7 Å². The number of thioether (sulfide) groups is 1. The average Bonchev–Trinajstić information content (AvgIpc) is 2.80. The third-order valence-corrected chi connectivity index (χ3v) is 7.28. The molecule has 32 heavy (non-hydrogen) atoms. The van der Waals surface area contributed by atoms with Crippen molar-refractivity contribution < 1.29 is 9.59 Å². The molecule has 1 saturated heterocycles. The smallest absolute Gasteiger partial charge is 0.251 e. The first kappa shape index (κ1) is 24.6. The summed E-state index contributed by atoms with van der Waals surface area (Å²) >= 11 is 7.92. The summed E-state index contributed by atoms with van der Waals surface area (Å²) in [5.41, 5.74) is 3.58. The molecule has 0 aliphatic carbocycles. The monoisotopic (exact) mass is 473 g/mol. The van der Waals surface area contributed by atoms with Crippen LogP contribution in [0.1, 0.15) is 41.8 Å². The lowest BCUT2D eigenvalue weighted by Crippen LogP contribution is -2.47. The Morgan fingerprint density at radius 1 is 1.12 bits per heavy atom. The number of anilines is 1. The minimum atomic E-state index is -0.634. The van der Waals surface area contributed by atoms with Crippen LogP contribution in [0.5, 0.6) is 0 Å². The van der Waals surface area contributed by atoms with Gasteiger partial charge in [-0.2, -0.15) is 11.8 Å². The lowest BCUT2D eigenvalue weighted by molar-refractivity contribution is -0.119. The van der Waals surface area contributed by atoms with Gasteiger partial charge < -0.3 is 10.6 Å². The number of hydrogen-bond donors (Lipinski definition) is 2. The van der Waals surface area contributed by atoms with E-state index >= 15 is 0 Å². The van der Waals surface area contributed by atoms with Crippen molar-refractivity contribution in [3.8, 4) is 0 Å². The van der Waals surface area contributed by atoms with E-state index in [4.69, 9.17) is 11.6 Å². The van der Waals surface area contributed by atoms with Crippen molar-refractivity contribution in [2.45, 2.75) is 39.8 Å². The molecule has 1 heterocycles. The molecule has 2 amide bonds. The molecule has 1 fully saturated rings. The molecule has 1 aliphatic rings. The van der Waals surface area contributed by atoms with Gasteiger partial charge in [0.1, 0.15) is 6.04 Å². The van der Waals surface area contributed by atoms with E-state index in [9.17, 15) is 9.59 Å². The van der Waals surface area contributed by atoms with Gasteiger partial charge in [-0.05, 0) is 54.3 Å². The van der Waals surface area contributed by atoms with E-state index in [2.05, 4.69) is 21.6 Å². The van der Waals surface area contributed by atoms with Crippen LogP contribution in [-0.4, -0.2) is 47.4 Å². The number of carbonyl (C=O) groups excluding carboxylic acids is 2. The molecule has 0 saturated carbocycles. The molecule has 172 valence electrons. The Hall–Kier alpha value is -2.02. The van der Waals surface area contributed by atoms with Crippen molar-refractivity contribution >= 4 is 40.9 Å².